The monoisotopic (exact) mass is 205 g/mol. The van der Waals surface area contributed by atoms with Crippen LogP contribution in [-0.4, -0.2) is 21.2 Å². The number of hydrogen-bond donors (Lipinski definition) is 2. The Kier molecular flexibility index (Phi) is 3.47. The molecular weight excluding hydrogens is 198 g/mol. The molecule has 1 aromatic rings. The Labute approximate surface area is 80.3 Å². The molecule has 0 aliphatic rings. The molecule has 11 heavy (non-hydrogen) atoms. The van der Waals surface area contributed by atoms with Crippen molar-refractivity contribution in [2.75, 3.05) is 6.26 Å². The van der Waals surface area contributed by atoms with Gasteiger partial charge in [0.25, 0.3) is 0 Å². The van der Waals surface area contributed by atoms with E-state index in [1.54, 1.807) is 0 Å². The lowest BCUT2D eigenvalue weighted by atomic mass is 10.7. The van der Waals surface area contributed by atoms with Crippen molar-refractivity contribution in [3.05, 3.63) is 5.82 Å². The van der Waals surface area contributed by atoms with Crippen LogP contribution in [0.15, 0.2) is 10.3 Å². The molecule has 0 aromatic carbocycles. The molecule has 0 fully saturated rings. The molecule has 0 saturated heterocycles. The summed E-state index contributed by atoms with van der Waals surface area (Å²) in [5.74, 6) is 1.18. The van der Waals surface area contributed by atoms with Crippen molar-refractivity contribution >= 4 is 37.0 Å². The van der Waals surface area contributed by atoms with Gasteiger partial charge in [-0.1, -0.05) is 11.8 Å². The summed E-state index contributed by atoms with van der Waals surface area (Å²) in [6.45, 7) is 0. The fraction of sp³-hybridized carbons (Fsp3) is 0.400. The maximum atomic E-state index is 4.09. The van der Waals surface area contributed by atoms with Crippen LogP contribution in [0.5, 0.6) is 0 Å². The predicted molar refractivity (Wildman–Crippen MR) is 51.6 cm³/mol. The van der Waals surface area contributed by atoms with Gasteiger partial charge in [0, 0.05) is 0 Å². The number of hydrogen-bond acceptors (Lipinski definition) is 6. The average molecular weight is 205 g/mol. The van der Waals surface area contributed by atoms with Crippen LogP contribution in [0.3, 0.4) is 0 Å². The van der Waals surface area contributed by atoms with E-state index in [1.165, 1.54) is 11.8 Å². The number of nitrogens with zero attached hydrogens (tertiary/aromatic N) is 3. The first-order valence-electron chi connectivity index (χ1n) is 2.85. The fourth-order valence-corrected chi connectivity index (χ4v) is 1.34. The van der Waals surface area contributed by atoms with Crippen LogP contribution in [0.2, 0.25) is 0 Å². The minimum atomic E-state index is 0.452. The second-order valence-corrected chi connectivity index (χ2v) is 3.19. The summed E-state index contributed by atoms with van der Waals surface area (Å²) < 4.78 is 0. The van der Waals surface area contributed by atoms with E-state index < -0.39 is 0 Å². The highest BCUT2D eigenvalue weighted by Gasteiger charge is 2.00. The van der Waals surface area contributed by atoms with Crippen molar-refractivity contribution in [1.29, 1.82) is 0 Å². The van der Waals surface area contributed by atoms with Gasteiger partial charge in [0.15, 0.2) is 10.3 Å². The highest BCUT2D eigenvalue weighted by atomic mass is 32.2. The Morgan fingerprint density at radius 1 is 1.36 bits per heavy atom. The van der Waals surface area contributed by atoms with Gasteiger partial charge in [0.05, 0.1) is 5.75 Å². The van der Waals surface area contributed by atoms with Gasteiger partial charge in [-0.3, -0.25) is 0 Å². The molecule has 1 aromatic heterocycles. The zero-order chi connectivity index (χ0) is 8.27. The number of thiol groups is 2. The van der Waals surface area contributed by atoms with E-state index >= 15 is 0 Å². The Hall–Kier alpha value is 0.0600. The second kappa shape index (κ2) is 4.18. The second-order valence-electron chi connectivity index (χ2n) is 1.70. The third kappa shape index (κ3) is 2.53. The lowest BCUT2D eigenvalue weighted by Gasteiger charge is -1.98. The van der Waals surface area contributed by atoms with Crippen LogP contribution < -0.4 is 0 Å². The van der Waals surface area contributed by atoms with Gasteiger partial charge in [-0.05, 0) is 6.26 Å². The first kappa shape index (κ1) is 9.15. The Balaban J connectivity index is 3.02. The maximum Gasteiger partial charge on any atom is 0.191 e. The molecule has 0 aliphatic carbocycles. The zero-order valence-electron chi connectivity index (χ0n) is 5.85. The summed E-state index contributed by atoms with van der Waals surface area (Å²) in [7, 11) is 0. The van der Waals surface area contributed by atoms with Crippen LogP contribution >= 0.6 is 37.0 Å². The summed E-state index contributed by atoms with van der Waals surface area (Å²) in [6, 6.07) is 0. The lowest BCUT2D eigenvalue weighted by Crippen LogP contribution is -1.97. The van der Waals surface area contributed by atoms with E-state index in [2.05, 4.69) is 40.2 Å². The molecule has 0 unspecified atom stereocenters. The highest BCUT2D eigenvalue weighted by Crippen LogP contribution is 2.10. The van der Waals surface area contributed by atoms with Crippen LogP contribution in [0.25, 0.3) is 0 Å². The van der Waals surface area contributed by atoms with E-state index in [4.69, 9.17) is 0 Å². The smallest absolute Gasteiger partial charge is 0.191 e. The fourth-order valence-electron chi connectivity index (χ4n) is 0.548. The molecular formula is C5H7N3S3. The van der Waals surface area contributed by atoms with E-state index in [0.29, 0.717) is 21.9 Å². The average Bonchev–Trinajstić information content (AvgIpc) is 2.03. The zero-order valence-corrected chi connectivity index (χ0v) is 8.46. The normalized spacial score (nSPS) is 10.1. The van der Waals surface area contributed by atoms with E-state index in [1.807, 2.05) is 6.26 Å². The molecule has 6 heteroatoms. The van der Waals surface area contributed by atoms with E-state index in [9.17, 15) is 0 Å². The quantitative estimate of drug-likeness (QED) is 0.564. The lowest BCUT2D eigenvalue weighted by molar-refractivity contribution is 0.766. The SMILES string of the molecule is CSc1nc(S)nc(CS)n1. The van der Waals surface area contributed by atoms with Crippen molar-refractivity contribution in [2.24, 2.45) is 0 Å². The molecule has 0 amide bonds. The Bertz CT molecular complexity index is 230. The minimum Gasteiger partial charge on any atom is -0.207 e. The van der Waals surface area contributed by atoms with Crippen LogP contribution in [0, 0.1) is 0 Å². The summed E-state index contributed by atoms with van der Waals surface area (Å²) in [4.78, 5) is 12.0. The third-order valence-electron chi connectivity index (χ3n) is 0.973. The molecule has 0 spiro atoms. The van der Waals surface area contributed by atoms with Gasteiger partial charge in [0.2, 0.25) is 0 Å². The van der Waals surface area contributed by atoms with Gasteiger partial charge >= 0.3 is 0 Å². The van der Waals surface area contributed by atoms with Gasteiger partial charge in [0.1, 0.15) is 5.82 Å². The molecule has 0 N–H and O–H groups in total. The van der Waals surface area contributed by atoms with Crippen LogP contribution in [0.1, 0.15) is 5.82 Å². The molecule has 0 radical (unpaired) electrons. The van der Waals surface area contributed by atoms with Crippen molar-refractivity contribution in [3.63, 3.8) is 0 Å². The van der Waals surface area contributed by atoms with E-state index in [0.717, 1.165) is 0 Å². The first-order valence-corrected chi connectivity index (χ1v) is 5.15. The van der Waals surface area contributed by atoms with Gasteiger partial charge in [-0.25, -0.2) is 9.97 Å². The first-order chi connectivity index (χ1) is 5.26. The van der Waals surface area contributed by atoms with Gasteiger partial charge < -0.3 is 0 Å². The number of rotatable bonds is 2. The molecule has 1 heterocycles. The summed E-state index contributed by atoms with van der Waals surface area (Å²) >= 11 is 9.54. The topological polar surface area (TPSA) is 38.7 Å². The van der Waals surface area contributed by atoms with Crippen molar-refractivity contribution < 1.29 is 0 Å². The number of thioether (sulfide) groups is 1. The number of aromatic nitrogens is 3. The molecule has 0 bridgehead atoms. The molecule has 0 saturated carbocycles. The Morgan fingerprint density at radius 3 is 2.64 bits per heavy atom. The van der Waals surface area contributed by atoms with Crippen molar-refractivity contribution in [1.82, 2.24) is 15.0 Å². The summed E-state index contributed by atoms with van der Waals surface area (Å²) in [5.41, 5.74) is 0. The summed E-state index contributed by atoms with van der Waals surface area (Å²) in [5, 5.41) is 1.14. The molecule has 60 valence electrons. The minimum absolute atomic E-state index is 0.452. The van der Waals surface area contributed by atoms with Gasteiger partial charge in [-0.15, -0.1) is 12.6 Å². The van der Waals surface area contributed by atoms with Crippen molar-refractivity contribution in [3.8, 4) is 0 Å². The molecule has 0 atom stereocenters. The highest BCUT2D eigenvalue weighted by molar-refractivity contribution is 7.98. The summed E-state index contributed by atoms with van der Waals surface area (Å²) in [6.07, 6.45) is 1.91. The molecule has 0 aliphatic heterocycles. The van der Waals surface area contributed by atoms with E-state index in [-0.39, 0.29) is 0 Å². The Morgan fingerprint density at radius 2 is 2.09 bits per heavy atom. The van der Waals surface area contributed by atoms with Crippen LogP contribution in [-0.2, 0) is 5.75 Å². The molecule has 3 nitrogen and oxygen atoms in total. The standard InChI is InChI=1S/C5H7N3S3/c1-11-5-7-3(2-9)6-4(10)8-5/h9H,2H2,1H3,(H,6,7,8,10). The van der Waals surface area contributed by atoms with Crippen LogP contribution in [0.4, 0.5) is 0 Å². The maximum absolute atomic E-state index is 4.09. The third-order valence-corrected chi connectivity index (χ3v) is 2.00. The van der Waals surface area contributed by atoms with Crippen molar-refractivity contribution in [2.45, 2.75) is 16.1 Å². The van der Waals surface area contributed by atoms with Gasteiger partial charge in [-0.2, -0.15) is 17.6 Å². The largest absolute Gasteiger partial charge is 0.207 e. The predicted octanol–water partition coefficient (Wildman–Crippen LogP) is 1.31. The molecule has 1 rings (SSSR count).